The molecule has 3 rings (SSSR count). The minimum absolute atomic E-state index is 0.0881. The third kappa shape index (κ3) is 8.19. The number of rotatable bonds is 13. The smallest absolute Gasteiger partial charge is 0.356 e. The van der Waals surface area contributed by atoms with Crippen LogP contribution < -0.4 is 16.0 Å². The second-order valence-electron chi connectivity index (χ2n) is 11.5. The fourth-order valence-corrected chi connectivity index (χ4v) is 6.32. The molecule has 1 aliphatic heterocycles. The van der Waals surface area contributed by atoms with Crippen LogP contribution in [0.4, 0.5) is 35.1 Å². The van der Waals surface area contributed by atoms with Crippen molar-refractivity contribution in [3.63, 3.8) is 0 Å². The summed E-state index contributed by atoms with van der Waals surface area (Å²) in [6.45, 7) is -0.502. The van der Waals surface area contributed by atoms with Gasteiger partial charge in [-0.1, -0.05) is 13.8 Å². The zero-order chi connectivity index (χ0) is 32.7. The molecule has 0 aromatic carbocycles. The van der Waals surface area contributed by atoms with Crippen LogP contribution >= 0.6 is 0 Å². The van der Waals surface area contributed by atoms with Crippen LogP contribution in [0.2, 0.25) is 0 Å². The molecule has 8 atom stereocenters. The highest BCUT2D eigenvalue weighted by atomic mass is 19.4. The van der Waals surface area contributed by atoms with Gasteiger partial charge in [-0.3, -0.25) is 28.7 Å². The molecule has 18 heteroatoms. The molecule has 3 aliphatic rings. The molecule has 0 bridgehead atoms. The first-order valence-corrected chi connectivity index (χ1v) is 13.3. The van der Waals surface area contributed by atoms with E-state index >= 15 is 0 Å². The lowest BCUT2D eigenvalue weighted by Gasteiger charge is -2.32. The molecule has 0 aromatic heterocycles. The summed E-state index contributed by atoms with van der Waals surface area (Å²) in [7, 11) is 0. The zero-order valence-corrected chi connectivity index (χ0v) is 23.1. The van der Waals surface area contributed by atoms with Gasteiger partial charge in [0, 0.05) is 18.4 Å². The molecular formula is C25H31F8N3O7. The molecule has 3 N–H and O–H groups in total. The fourth-order valence-electron chi connectivity index (χ4n) is 6.32. The molecule has 10 nitrogen and oxygen atoms in total. The fraction of sp³-hybridized carbons (Fsp3) is 0.800. The number of nitrogens with one attached hydrogen (secondary N) is 3. The number of fused-ring (bicyclic) bond motifs is 1. The molecule has 1 unspecified atom stereocenters. The molecular weight excluding hydrogens is 606 g/mol. The Labute approximate surface area is 239 Å². The van der Waals surface area contributed by atoms with E-state index in [2.05, 4.69) is 20.1 Å². The van der Waals surface area contributed by atoms with E-state index in [0.29, 0.717) is 0 Å². The number of hydrogen-bond donors (Lipinski definition) is 3. The highest BCUT2D eigenvalue weighted by Gasteiger charge is 2.70. The highest BCUT2D eigenvalue weighted by molar-refractivity contribution is 5.98. The predicted molar refractivity (Wildman–Crippen MR) is 127 cm³/mol. The Kier molecular flexibility index (Phi) is 10.1. The van der Waals surface area contributed by atoms with Crippen LogP contribution in [0.25, 0.3) is 0 Å². The molecule has 3 fully saturated rings. The second kappa shape index (κ2) is 12.6. The van der Waals surface area contributed by atoms with Gasteiger partial charge in [-0.15, -0.1) is 13.2 Å². The van der Waals surface area contributed by atoms with Crippen LogP contribution in [0.15, 0.2) is 0 Å². The number of ketones is 2. The SMILES string of the molecule is C[C@@H](OC(F)F)[C@H](NC(=O)C(F)(F)F)C(=O)C1C[C@H]2[C@@H]([C@H]1C(=O)N[C@@H](C[C@@H]1CCNC1=O)C(=O)COC(F)(F)F)C2(C)C. The third-order valence-corrected chi connectivity index (χ3v) is 8.54. The Bertz CT molecular complexity index is 1110. The van der Waals surface area contributed by atoms with Gasteiger partial charge in [0.15, 0.2) is 11.6 Å². The normalized spacial score (nSPS) is 28.5. The molecule has 2 aliphatic carbocycles. The summed E-state index contributed by atoms with van der Waals surface area (Å²) in [5, 5.41) is 6.16. The summed E-state index contributed by atoms with van der Waals surface area (Å²) in [5.74, 6) is -11.1. The lowest BCUT2D eigenvalue weighted by molar-refractivity contribution is -0.321. The van der Waals surface area contributed by atoms with Crippen molar-refractivity contribution < 1.29 is 68.6 Å². The number of Topliss-reactive ketones (excluding diaryl/α,β-unsaturated/α-hetero) is 2. The van der Waals surface area contributed by atoms with Crippen LogP contribution in [-0.2, 0) is 33.4 Å². The van der Waals surface area contributed by atoms with E-state index in [1.165, 1.54) is 5.32 Å². The topological polar surface area (TPSA) is 140 Å². The maximum atomic E-state index is 13.6. The van der Waals surface area contributed by atoms with Crippen LogP contribution in [0.1, 0.15) is 40.0 Å². The molecule has 0 spiro atoms. The lowest BCUT2D eigenvalue weighted by atomic mass is 9.78. The van der Waals surface area contributed by atoms with E-state index in [0.717, 1.165) is 6.92 Å². The summed E-state index contributed by atoms with van der Waals surface area (Å²) >= 11 is 0. The summed E-state index contributed by atoms with van der Waals surface area (Å²) in [6, 6.07) is -3.91. The zero-order valence-electron chi connectivity index (χ0n) is 23.1. The van der Waals surface area contributed by atoms with Crippen molar-refractivity contribution >= 4 is 29.3 Å². The van der Waals surface area contributed by atoms with Gasteiger partial charge < -0.3 is 20.7 Å². The molecule has 244 valence electrons. The van der Waals surface area contributed by atoms with E-state index < -0.39 is 109 Å². The van der Waals surface area contributed by atoms with Crippen molar-refractivity contribution in [3.8, 4) is 0 Å². The molecule has 43 heavy (non-hydrogen) atoms. The summed E-state index contributed by atoms with van der Waals surface area (Å²) < 4.78 is 110. The van der Waals surface area contributed by atoms with Gasteiger partial charge in [0.2, 0.25) is 11.8 Å². The average Bonchev–Trinajstić information content (AvgIpc) is 3.22. The van der Waals surface area contributed by atoms with Gasteiger partial charge in [0.1, 0.15) is 12.6 Å². The Morgan fingerprint density at radius 3 is 2.21 bits per heavy atom. The number of carbonyl (C=O) groups excluding carboxylic acids is 5. The molecule has 1 heterocycles. The van der Waals surface area contributed by atoms with E-state index in [-0.39, 0.29) is 25.3 Å². The number of amides is 3. The quantitative estimate of drug-likeness (QED) is 0.263. The van der Waals surface area contributed by atoms with Crippen LogP contribution in [0.3, 0.4) is 0 Å². The van der Waals surface area contributed by atoms with Gasteiger partial charge in [-0.25, -0.2) is 0 Å². The molecule has 3 amide bonds. The largest absolute Gasteiger partial charge is 0.522 e. The predicted octanol–water partition coefficient (Wildman–Crippen LogP) is 2.26. The van der Waals surface area contributed by atoms with Gasteiger partial charge in [-0.2, -0.15) is 22.0 Å². The Balaban J connectivity index is 1.88. The van der Waals surface area contributed by atoms with Crippen LogP contribution in [-0.4, -0.2) is 79.8 Å². The van der Waals surface area contributed by atoms with Crippen LogP contribution in [0.5, 0.6) is 0 Å². The Morgan fingerprint density at radius 1 is 1.07 bits per heavy atom. The first kappa shape index (κ1) is 34.6. The monoisotopic (exact) mass is 637 g/mol. The van der Waals surface area contributed by atoms with E-state index in [9.17, 15) is 59.1 Å². The summed E-state index contributed by atoms with van der Waals surface area (Å²) in [6.07, 6.45) is -12.9. The van der Waals surface area contributed by atoms with Crippen molar-refractivity contribution in [2.75, 3.05) is 13.2 Å². The standard InChI is InChI=1S/C25H31F8N3O7/c1-9(43-22(26)27)17(36-21(41)24(28,29)30)18(38)11-7-12-16(23(12,2)3)15(11)20(40)35-13(6-10-4-5-34-19(10)39)14(37)8-42-25(31,32)33/h9-13,15-17,22H,4-8H2,1-3H3,(H,34,39)(H,35,40)(H,36,41)/t9-,10+,11?,12+,13+,15+,16+,17+/m1/s1. The molecule has 0 aromatic rings. The number of hydrogen-bond acceptors (Lipinski definition) is 7. The van der Waals surface area contributed by atoms with Crippen molar-refractivity contribution in [2.24, 2.45) is 35.0 Å². The highest BCUT2D eigenvalue weighted by Crippen LogP contribution is 2.70. The Hall–Kier alpha value is -2.89. The van der Waals surface area contributed by atoms with Gasteiger partial charge in [0.25, 0.3) is 0 Å². The maximum Gasteiger partial charge on any atom is 0.522 e. The van der Waals surface area contributed by atoms with Crippen molar-refractivity contribution in [3.05, 3.63) is 0 Å². The number of carbonyl (C=O) groups is 5. The third-order valence-electron chi connectivity index (χ3n) is 8.54. The first-order valence-electron chi connectivity index (χ1n) is 13.3. The van der Waals surface area contributed by atoms with Crippen LogP contribution in [0, 0.1) is 35.0 Å². The number of halogens is 8. The molecule has 2 saturated carbocycles. The molecule has 0 radical (unpaired) electrons. The first-order chi connectivity index (χ1) is 19.6. The molecule has 1 saturated heterocycles. The van der Waals surface area contributed by atoms with Gasteiger partial charge in [0.05, 0.1) is 18.1 Å². The maximum absolute atomic E-state index is 13.6. The van der Waals surface area contributed by atoms with Crippen molar-refractivity contribution in [1.29, 1.82) is 0 Å². The Morgan fingerprint density at radius 2 is 1.70 bits per heavy atom. The van der Waals surface area contributed by atoms with E-state index in [1.807, 2.05) is 0 Å². The lowest BCUT2D eigenvalue weighted by Crippen LogP contribution is -2.56. The second-order valence-corrected chi connectivity index (χ2v) is 11.5. The number of alkyl halides is 8. The minimum Gasteiger partial charge on any atom is -0.356 e. The summed E-state index contributed by atoms with van der Waals surface area (Å²) in [5.41, 5.74) is -0.571. The average molecular weight is 638 g/mol. The van der Waals surface area contributed by atoms with Gasteiger partial charge >= 0.3 is 25.1 Å². The van der Waals surface area contributed by atoms with Gasteiger partial charge in [-0.05, 0) is 43.4 Å². The van der Waals surface area contributed by atoms with E-state index in [1.54, 1.807) is 13.8 Å². The number of ether oxygens (including phenoxy) is 2. The van der Waals surface area contributed by atoms with E-state index in [4.69, 9.17) is 0 Å². The summed E-state index contributed by atoms with van der Waals surface area (Å²) in [4.78, 5) is 63.6. The van der Waals surface area contributed by atoms with Crippen molar-refractivity contribution in [2.45, 2.75) is 77.4 Å². The minimum atomic E-state index is -5.49. The van der Waals surface area contributed by atoms with Crippen molar-refractivity contribution in [1.82, 2.24) is 16.0 Å².